The minimum Gasteiger partial charge on any atom is -0.394 e. The van der Waals surface area contributed by atoms with Crippen molar-refractivity contribution in [2.24, 2.45) is 0 Å². The van der Waals surface area contributed by atoms with E-state index in [1.54, 1.807) is 0 Å². The number of nitrogens with one attached hydrogen (secondary N) is 1. The van der Waals surface area contributed by atoms with Crippen LogP contribution < -0.4 is 5.32 Å². The van der Waals surface area contributed by atoms with Crippen molar-refractivity contribution in [3.05, 3.63) is 32.5 Å². The molecule has 5 nitrogen and oxygen atoms in total. The molecule has 0 amide bonds. The third-order valence-corrected chi connectivity index (χ3v) is 4.36. The second kappa shape index (κ2) is 6.05. The van der Waals surface area contributed by atoms with Gasteiger partial charge in [0, 0.05) is 12.1 Å². The van der Waals surface area contributed by atoms with Crippen LogP contribution in [0.15, 0.2) is 16.6 Å². The van der Waals surface area contributed by atoms with Crippen molar-refractivity contribution in [3.63, 3.8) is 0 Å². The second-order valence-electron chi connectivity index (χ2n) is 5.16. The Morgan fingerprint density at radius 1 is 1.40 bits per heavy atom. The molecule has 0 radical (unpaired) electrons. The van der Waals surface area contributed by atoms with Crippen LogP contribution in [0.4, 0.5) is 15.8 Å². The van der Waals surface area contributed by atoms with Gasteiger partial charge in [-0.3, -0.25) is 10.1 Å². The summed E-state index contributed by atoms with van der Waals surface area (Å²) in [5.41, 5.74) is -0.674. The van der Waals surface area contributed by atoms with Crippen molar-refractivity contribution < 1.29 is 14.4 Å². The zero-order chi connectivity index (χ0) is 14.8. The minimum atomic E-state index is -0.594. The Labute approximate surface area is 124 Å². The summed E-state index contributed by atoms with van der Waals surface area (Å²) in [6.45, 7) is -0.123. The number of aliphatic hydroxyl groups excluding tert-OH is 1. The van der Waals surface area contributed by atoms with Crippen LogP contribution in [0, 0.1) is 15.9 Å². The van der Waals surface area contributed by atoms with Gasteiger partial charge in [-0.05, 0) is 28.8 Å². The molecule has 1 saturated carbocycles. The largest absolute Gasteiger partial charge is 0.394 e. The standard InChI is InChI=1S/C13H16BrFN2O3/c14-9-6-12(17(19)20)11(7-10(9)15)16-13(8-18)4-2-1-3-5-13/h6-7,16,18H,1-5,8H2. The normalized spacial score (nSPS) is 17.8. The van der Waals surface area contributed by atoms with E-state index in [4.69, 9.17) is 0 Å². The molecule has 1 fully saturated rings. The lowest BCUT2D eigenvalue weighted by atomic mass is 9.82. The molecule has 0 aliphatic heterocycles. The maximum absolute atomic E-state index is 13.6. The fourth-order valence-electron chi connectivity index (χ4n) is 2.62. The van der Waals surface area contributed by atoms with Gasteiger partial charge < -0.3 is 10.4 Å². The fourth-order valence-corrected chi connectivity index (χ4v) is 2.96. The average molecular weight is 347 g/mol. The van der Waals surface area contributed by atoms with Crippen molar-refractivity contribution >= 4 is 27.3 Å². The number of nitro benzene ring substituents is 1. The van der Waals surface area contributed by atoms with E-state index in [0.29, 0.717) is 0 Å². The maximum Gasteiger partial charge on any atom is 0.293 e. The van der Waals surface area contributed by atoms with Gasteiger partial charge in [-0.2, -0.15) is 0 Å². The number of halogens is 2. The van der Waals surface area contributed by atoms with Gasteiger partial charge in [-0.15, -0.1) is 0 Å². The first-order chi connectivity index (χ1) is 9.47. The molecule has 7 heteroatoms. The van der Waals surface area contributed by atoms with E-state index in [1.807, 2.05) is 0 Å². The first-order valence-corrected chi connectivity index (χ1v) is 7.29. The van der Waals surface area contributed by atoms with E-state index in [9.17, 15) is 19.6 Å². The molecule has 1 aliphatic rings. The first-order valence-electron chi connectivity index (χ1n) is 6.50. The summed E-state index contributed by atoms with van der Waals surface area (Å²) in [4.78, 5) is 10.5. The van der Waals surface area contributed by atoms with Crippen molar-refractivity contribution in [3.8, 4) is 0 Å². The zero-order valence-electron chi connectivity index (χ0n) is 10.9. The molecule has 0 spiro atoms. The van der Waals surface area contributed by atoms with Crippen molar-refractivity contribution in [2.75, 3.05) is 11.9 Å². The molecule has 0 unspecified atom stereocenters. The Morgan fingerprint density at radius 2 is 2.05 bits per heavy atom. The Balaban J connectivity index is 2.36. The van der Waals surface area contributed by atoms with E-state index < -0.39 is 16.3 Å². The van der Waals surface area contributed by atoms with Crippen molar-refractivity contribution in [1.29, 1.82) is 0 Å². The molecule has 2 N–H and O–H groups in total. The Bertz CT molecular complexity index is 519. The highest BCUT2D eigenvalue weighted by atomic mass is 79.9. The van der Waals surface area contributed by atoms with Gasteiger partial charge in [0.2, 0.25) is 0 Å². The van der Waals surface area contributed by atoms with E-state index in [1.165, 1.54) is 0 Å². The number of hydrogen-bond donors (Lipinski definition) is 2. The van der Waals surface area contributed by atoms with Crippen LogP contribution in [0.25, 0.3) is 0 Å². The number of benzene rings is 1. The molecule has 0 saturated heterocycles. The second-order valence-corrected chi connectivity index (χ2v) is 6.02. The number of hydrogen-bond acceptors (Lipinski definition) is 4. The van der Waals surface area contributed by atoms with Gasteiger partial charge >= 0.3 is 0 Å². The van der Waals surface area contributed by atoms with Gasteiger partial charge in [-0.25, -0.2) is 4.39 Å². The van der Waals surface area contributed by atoms with Crippen molar-refractivity contribution in [1.82, 2.24) is 0 Å². The Morgan fingerprint density at radius 3 is 2.60 bits per heavy atom. The Kier molecular flexibility index (Phi) is 4.59. The molecule has 1 aromatic carbocycles. The summed E-state index contributed by atoms with van der Waals surface area (Å²) in [5, 5.41) is 23.7. The van der Waals surface area contributed by atoms with Crippen molar-refractivity contribution in [2.45, 2.75) is 37.6 Å². The summed E-state index contributed by atoms with van der Waals surface area (Å²) < 4.78 is 13.7. The lowest BCUT2D eigenvalue weighted by Gasteiger charge is -2.37. The van der Waals surface area contributed by atoms with Crippen LogP contribution in [0.1, 0.15) is 32.1 Å². The highest BCUT2D eigenvalue weighted by molar-refractivity contribution is 9.10. The van der Waals surface area contributed by atoms with Crippen LogP contribution >= 0.6 is 15.9 Å². The minimum absolute atomic E-state index is 0.0523. The van der Waals surface area contributed by atoms with Crippen LogP contribution in [-0.4, -0.2) is 22.2 Å². The van der Waals surface area contributed by atoms with E-state index in [0.717, 1.165) is 44.2 Å². The van der Waals surface area contributed by atoms with Crippen LogP contribution in [-0.2, 0) is 0 Å². The zero-order valence-corrected chi connectivity index (χ0v) is 12.5. The summed E-state index contributed by atoms with van der Waals surface area (Å²) in [6, 6.07) is 2.25. The molecular formula is C13H16BrFN2O3. The van der Waals surface area contributed by atoms with Gasteiger partial charge in [0.05, 0.1) is 21.5 Å². The lowest BCUT2D eigenvalue weighted by molar-refractivity contribution is -0.384. The third kappa shape index (κ3) is 3.09. The quantitative estimate of drug-likeness (QED) is 0.645. The molecule has 0 aromatic heterocycles. The molecule has 2 rings (SSSR count). The summed E-state index contributed by atoms with van der Waals surface area (Å²) in [7, 11) is 0. The molecule has 1 aromatic rings. The molecular weight excluding hydrogens is 331 g/mol. The smallest absolute Gasteiger partial charge is 0.293 e. The van der Waals surface area contributed by atoms with Crippen LogP contribution in [0.2, 0.25) is 0 Å². The molecule has 0 heterocycles. The predicted molar refractivity (Wildman–Crippen MR) is 77.3 cm³/mol. The Hall–Kier alpha value is -1.21. The molecule has 0 bridgehead atoms. The lowest BCUT2D eigenvalue weighted by Crippen LogP contribution is -2.44. The number of rotatable bonds is 4. The molecule has 20 heavy (non-hydrogen) atoms. The topological polar surface area (TPSA) is 75.4 Å². The summed E-state index contributed by atoms with van der Waals surface area (Å²) in [5.74, 6) is -0.568. The predicted octanol–water partition coefficient (Wildman–Crippen LogP) is 3.60. The average Bonchev–Trinajstić information content (AvgIpc) is 2.43. The molecule has 0 atom stereocenters. The van der Waals surface area contributed by atoms with Gasteiger partial charge in [0.1, 0.15) is 11.5 Å². The monoisotopic (exact) mass is 346 g/mol. The highest BCUT2D eigenvalue weighted by Gasteiger charge is 2.33. The van der Waals surface area contributed by atoms with E-state index >= 15 is 0 Å². The first kappa shape index (κ1) is 15.2. The fraction of sp³-hybridized carbons (Fsp3) is 0.538. The van der Waals surface area contributed by atoms with Gasteiger partial charge in [-0.1, -0.05) is 19.3 Å². The van der Waals surface area contributed by atoms with Gasteiger partial charge in [0.15, 0.2) is 0 Å². The SMILES string of the molecule is O=[N+]([O-])c1cc(Br)c(F)cc1NC1(CO)CCCCC1. The van der Waals surface area contributed by atoms with Crippen LogP contribution in [0.5, 0.6) is 0 Å². The number of nitro groups is 1. The molecule has 110 valence electrons. The summed E-state index contributed by atoms with van der Waals surface area (Å²) in [6.07, 6.45) is 4.41. The third-order valence-electron chi connectivity index (χ3n) is 3.75. The maximum atomic E-state index is 13.6. The van der Waals surface area contributed by atoms with E-state index in [2.05, 4.69) is 21.2 Å². The highest BCUT2D eigenvalue weighted by Crippen LogP contribution is 2.36. The van der Waals surface area contributed by atoms with E-state index in [-0.39, 0.29) is 22.5 Å². The summed E-state index contributed by atoms with van der Waals surface area (Å²) >= 11 is 2.95. The number of nitrogens with zero attached hydrogens (tertiary/aromatic N) is 1. The number of anilines is 1. The number of aliphatic hydroxyl groups is 1. The molecule has 1 aliphatic carbocycles. The van der Waals surface area contributed by atoms with Crippen LogP contribution in [0.3, 0.4) is 0 Å². The van der Waals surface area contributed by atoms with Gasteiger partial charge in [0.25, 0.3) is 5.69 Å².